The smallest absolute Gasteiger partial charge is 0.346 e. The van der Waals surface area contributed by atoms with Gasteiger partial charge in [-0.25, -0.2) is 4.79 Å². The molecule has 0 aliphatic carbocycles. The fraction of sp³-hybridized carbons (Fsp3) is 0.125. The van der Waals surface area contributed by atoms with E-state index in [4.69, 9.17) is 9.47 Å². The first-order valence-corrected chi connectivity index (χ1v) is 6.17. The van der Waals surface area contributed by atoms with Crippen molar-refractivity contribution in [2.45, 2.75) is 0 Å². The number of carbonyl (C=O) groups excluding carboxylic acids is 2. The number of benzene rings is 2. The van der Waals surface area contributed by atoms with Crippen molar-refractivity contribution in [3.63, 3.8) is 0 Å². The zero-order valence-corrected chi connectivity index (χ0v) is 11.7. The van der Waals surface area contributed by atoms with Gasteiger partial charge in [0.1, 0.15) is 11.5 Å². The van der Waals surface area contributed by atoms with Crippen LogP contribution in [0.25, 0.3) is 11.1 Å². The number of methoxy groups -OCH3 is 2. The van der Waals surface area contributed by atoms with Crippen molar-refractivity contribution < 1.29 is 23.8 Å². The average Bonchev–Trinajstić information content (AvgIpc) is 2.54. The van der Waals surface area contributed by atoms with Crippen LogP contribution < -0.4 is 9.47 Å². The van der Waals surface area contributed by atoms with E-state index in [1.807, 2.05) is 6.07 Å². The summed E-state index contributed by atoms with van der Waals surface area (Å²) in [5, 5.41) is 0. The second kappa shape index (κ2) is 6.56. The van der Waals surface area contributed by atoms with Gasteiger partial charge in [0.15, 0.2) is 0 Å². The predicted molar refractivity (Wildman–Crippen MR) is 76.5 cm³/mol. The van der Waals surface area contributed by atoms with Gasteiger partial charge in [0.25, 0.3) is 0 Å². The number of ether oxygens (including phenoxy) is 3. The van der Waals surface area contributed by atoms with Crippen molar-refractivity contribution in [1.29, 1.82) is 0 Å². The summed E-state index contributed by atoms with van der Waals surface area (Å²) in [7, 11) is 3.07. The number of esters is 1. The summed E-state index contributed by atoms with van der Waals surface area (Å²) in [6.07, 6.45) is 0. The van der Waals surface area contributed by atoms with Gasteiger partial charge in [-0.15, -0.1) is 0 Å². The van der Waals surface area contributed by atoms with E-state index in [2.05, 4.69) is 4.74 Å². The fourth-order valence-corrected chi connectivity index (χ4v) is 2.05. The molecule has 21 heavy (non-hydrogen) atoms. The first-order chi connectivity index (χ1) is 10.2. The first-order valence-electron chi connectivity index (χ1n) is 6.17. The van der Waals surface area contributed by atoms with Crippen molar-refractivity contribution >= 4 is 12.4 Å². The summed E-state index contributed by atoms with van der Waals surface area (Å²) in [6, 6.07) is 12.1. The zero-order chi connectivity index (χ0) is 15.2. The van der Waals surface area contributed by atoms with Crippen molar-refractivity contribution in [2.24, 2.45) is 0 Å². The molecule has 108 valence electrons. The lowest BCUT2D eigenvalue weighted by atomic mass is 9.98. The zero-order valence-electron chi connectivity index (χ0n) is 11.7. The molecule has 2 rings (SSSR count). The minimum atomic E-state index is -0.735. The Morgan fingerprint density at radius 2 is 1.81 bits per heavy atom. The van der Waals surface area contributed by atoms with Gasteiger partial charge < -0.3 is 14.2 Å². The lowest BCUT2D eigenvalue weighted by molar-refractivity contribution is -0.123. The highest BCUT2D eigenvalue weighted by Gasteiger charge is 2.18. The van der Waals surface area contributed by atoms with Gasteiger partial charge in [-0.3, -0.25) is 4.79 Å². The van der Waals surface area contributed by atoms with E-state index in [1.54, 1.807) is 43.5 Å². The second-order valence-corrected chi connectivity index (χ2v) is 4.12. The highest BCUT2D eigenvalue weighted by Crippen LogP contribution is 2.35. The SMILES string of the molecule is COc1cccc(-c2c(OC)cccc2C(=O)OC=O)c1. The molecule has 0 aliphatic rings. The summed E-state index contributed by atoms with van der Waals surface area (Å²) >= 11 is 0. The van der Waals surface area contributed by atoms with Crippen LogP contribution in [-0.2, 0) is 9.53 Å². The van der Waals surface area contributed by atoms with Crippen LogP contribution in [0.3, 0.4) is 0 Å². The van der Waals surface area contributed by atoms with E-state index in [0.29, 0.717) is 17.1 Å². The Hall–Kier alpha value is -2.82. The number of rotatable bonds is 5. The van der Waals surface area contributed by atoms with Crippen LogP contribution in [0.15, 0.2) is 42.5 Å². The maximum Gasteiger partial charge on any atom is 0.346 e. The van der Waals surface area contributed by atoms with E-state index in [9.17, 15) is 9.59 Å². The van der Waals surface area contributed by atoms with Gasteiger partial charge in [0, 0.05) is 5.56 Å². The van der Waals surface area contributed by atoms with Crippen molar-refractivity contribution in [1.82, 2.24) is 0 Å². The van der Waals surface area contributed by atoms with E-state index >= 15 is 0 Å². The number of carbonyl (C=O) groups is 2. The second-order valence-electron chi connectivity index (χ2n) is 4.12. The van der Waals surface area contributed by atoms with Gasteiger partial charge in [-0.05, 0) is 29.8 Å². The molecule has 5 nitrogen and oxygen atoms in total. The van der Waals surface area contributed by atoms with E-state index in [-0.39, 0.29) is 12.0 Å². The highest BCUT2D eigenvalue weighted by molar-refractivity contribution is 6.01. The lowest BCUT2D eigenvalue weighted by Gasteiger charge is -2.13. The highest BCUT2D eigenvalue weighted by atomic mass is 16.6. The molecule has 0 spiro atoms. The summed E-state index contributed by atoms with van der Waals surface area (Å²) in [5.41, 5.74) is 1.52. The molecule has 2 aromatic carbocycles. The minimum Gasteiger partial charge on any atom is -0.497 e. The van der Waals surface area contributed by atoms with Crippen molar-refractivity contribution in [2.75, 3.05) is 14.2 Å². The fourth-order valence-electron chi connectivity index (χ4n) is 2.05. The molecule has 0 atom stereocenters. The van der Waals surface area contributed by atoms with Crippen molar-refractivity contribution in [3.8, 4) is 22.6 Å². The van der Waals surface area contributed by atoms with Crippen molar-refractivity contribution in [3.05, 3.63) is 48.0 Å². The Bertz CT molecular complexity index is 663. The van der Waals surface area contributed by atoms with Crippen LogP contribution >= 0.6 is 0 Å². The first kappa shape index (κ1) is 14.6. The Kier molecular flexibility index (Phi) is 4.56. The topological polar surface area (TPSA) is 61.8 Å². The molecular formula is C16H14O5. The van der Waals surface area contributed by atoms with E-state index < -0.39 is 5.97 Å². The standard InChI is InChI=1S/C16H14O5/c1-19-12-6-3-5-11(9-12)15-13(16(18)21-10-17)7-4-8-14(15)20-2/h3-10H,1-2H3. The third kappa shape index (κ3) is 3.02. The van der Waals surface area contributed by atoms with Crippen LogP contribution in [0, 0.1) is 0 Å². The van der Waals surface area contributed by atoms with Gasteiger partial charge in [-0.1, -0.05) is 18.2 Å². The van der Waals surface area contributed by atoms with Gasteiger partial charge in [0.05, 0.1) is 19.8 Å². The largest absolute Gasteiger partial charge is 0.497 e. The minimum absolute atomic E-state index is 0.108. The molecule has 0 saturated carbocycles. The molecule has 0 fully saturated rings. The van der Waals surface area contributed by atoms with Crippen LogP contribution in [0.1, 0.15) is 10.4 Å². The summed E-state index contributed by atoms with van der Waals surface area (Å²) < 4.78 is 14.9. The monoisotopic (exact) mass is 286 g/mol. The number of hydrogen-bond donors (Lipinski definition) is 0. The van der Waals surface area contributed by atoms with Crippen LogP contribution in [-0.4, -0.2) is 26.7 Å². The Morgan fingerprint density at radius 3 is 2.48 bits per heavy atom. The molecule has 0 aromatic heterocycles. The normalized spacial score (nSPS) is 9.81. The quantitative estimate of drug-likeness (QED) is 0.480. The molecule has 0 N–H and O–H groups in total. The third-order valence-electron chi connectivity index (χ3n) is 2.98. The molecule has 0 amide bonds. The summed E-state index contributed by atoms with van der Waals surface area (Å²) in [5.74, 6) is 0.415. The average molecular weight is 286 g/mol. The Balaban J connectivity index is 2.63. The predicted octanol–water partition coefficient (Wildman–Crippen LogP) is 2.68. The van der Waals surface area contributed by atoms with Crippen LogP contribution in [0.5, 0.6) is 11.5 Å². The molecule has 0 heterocycles. The molecule has 0 aliphatic heterocycles. The van der Waals surface area contributed by atoms with E-state index in [1.165, 1.54) is 7.11 Å². The maximum atomic E-state index is 11.9. The molecule has 5 heteroatoms. The molecular weight excluding hydrogens is 272 g/mol. The molecule has 0 bridgehead atoms. The summed E-state index contributed by atoms with van der Waals surface area (Å²) in [4.78, 5) is 22.3. The van der Waals surface area contributed by atoms with Gasteiger partial charge in [-0.2, -0.15) is 0 Å². The van der Waals surface area contributed by atoms with Gasteiger partial charge >= 0.3 is 12.4 Å². The molecule has 0 saturated heterocycles. The summed E-state index contributed by atoms with van der Waals surface area (Å²) in [6.45, 7) is 0.108. The molecule has 2 aromatic rings. The van der Waals surface area contributed by atoms with Crippen LogP contribution in [0.2, 0.25) is 0 Å². The van der Waals surface area contributed by atoms with Gasteiger partial charge in [0.2, 0.25) is 0 Å². The molecule has 0 unspecified atom stereocenters. The molecule has 0 radical (unpaired) electrons. The number of hydrogen-bond acceptors (Lipinski definition) is 5. The third-order valence-corrected chi connectivity index (χ3v) is 2.98. The van der Waals surface area contributed by atoms with Crippen LogP contribution in [0.4, 0.5) is 0 Å². The Labute approximate surface area is 122 Å². The Morgan fingerprint density at radius 1 is 1.05 bits per heavy atom. The van der Waals surface area contributed by atoms with E-state index in [0.717, 1.165) is 5.56 Å². The maximum absolute atomic E-state index is 11.9. The lowest BCUT2D eigenvalue weighted by Crippen LogP contribution is -2.06.